The molecule has 4 heterocycles. The average Bonchev–Trinajstić information content (AvgIpc) is 3.87. The van der Waals surface area contributed by atoms with Crippen molar-refractivity contribution in [2.75, 3.05) is 0 Å². The number of nitriles is 1. The molecule has 238 valence electrons. The van der Waals surface area contributed by atoms with Crippen molar-refractivity contribution in [1.29, 1.82) is 5.26 Å². The summed E-state index contributed by atoms with van der Waals surface area (Å²) in [6.07, 6.45) is 8.47. The molecule has 0 spiro atoms. The van der Waals surface area contributed by atoms with E-state index in [2.05, 4.69) is 120 Å². The zero-order valence-electron chi connectivity index (χ0n) is 27.2. The van der Waals surface area contributed by atoms with Gasteiger partial charge in [-0.1, -0.05) is 91.0 Å². The van der Waals surface area contributed by atoms with Gasteiger partial charge >= 0.3 is 0 Å². The Morgan fingerprint density at radius 1 is 0.647 bits per heavy atom. The smallest absolute Gasteiger partial charge is 0.147 e. The largest absolute Gasteiger partial charge is 0.485 e. The highest BCUT2D eigenvalue weighted by molar-refractivity contribution is 6.20. The number of hydrogen-bond donors (Lipinski definition) is 0. The zero-order chi connectivity index (χ0) is 33.6. The lowest BCUT2D eigenvalue weighted by Crippen LogP contribution is -2.15. The lowest BCUT2D eigenvalue weighted by molar-refractivity contribution is 0.269. The highest BCUT2D eigenvalue weighted by Crippen LogP contribution is 2.49. The third kappa shape index (κ3) is 4.05. The van der Waals surface area contributed by atoms with E-state index in [0.717, 1.165) is 94.0 Å². The summed E-state index contributed by atoms with van der Waals surface area (Å²) >= 11 is 0. The number of pyridine rings is 1. The molecule has 2 aliphatic rings. The van der Waals surface area contributed by atoms with Crippen molar-refractivity contribution in [3.8, 4) is 39.9 Å². The topological polar surface area (TPSA) is 64.0 Å². The standard InChI is InChI=1S/C46H27N3O2/c47-26-27-14-20-32-35-25-30(19-22-37(35)49(38(32)24-27)31-8-2-1-3-9-31)28-15-17-29(18-16-28)45-43-34-11-5-7-13-40(34)51-46(43)44-36(48-45)21-23-41-42(44)33-10-4-6-12-39(33)50-41/h1-25,33,39H. The van der Waals surface area contributed by atoms with Gasteiger partial charge in [0, 0.05) is 38.9 Å². The molecule has 0 N–H and O–H groups in total. The molecule has 0 saturated heterocycles. The third-order valence-electron chi connectivity index (χ3n) is 10.6. The Morgan fingerprint density at radius 2 is 1.45 bits per heavy atom. The molecule has 0 fully saturated rings. The molecule has 6 aromatic carbocycles. The highest BCUT2D eigenvalue weighted by atomic mass is 16.5. The normalized spacial score (nSPS) is 16.2. The molecule has 9 aromatic rings. The Balaban J connectivity index is 1.07. The second-order valence-corrected chi connectivity index (χ2v) is 13.3. The van der Waals surface area contributed by atoms with Crippen LogP contribution in [0.3, 0.4) is 0 Å². The maximum atomic E-state index is 9.68. The van der Waals surface area contributed by atoms with E-state index in [1.807, 2.05) is 42.5 Å². The minimum atomic E-state index is -0.0219. The number of allylic oxidation sites excluding steroid dienone is 2. The second kappa shape index (κ2) is 10.5. The fourth-order valence-electron chi connectivity index (χ4n) is 8.25. The van der Waals surface area contributed by atoms with Gasteiger partial charge in [0.25, 0.3) is 0 Å². The van der Waals surface area contributed by atoms with Gasteiger partial charge in [-0.2, -0.15) is 5.26 Å². The predicted octanol–water partition coefficient (Wildman–Crippen LogP) is 11.4. The molecule has 0 saturated carbocycles. The number of furan rings is 1. The fraction of sp³-hybridized carbons (Fsp3) is 0.0435. The summed E-state index contributed by atoms with van der Waals surface area (Å²) in [7, 11) is 0. The minimum absolute atomic E-state index is 0.0219. The molecule has 0 bridgehead atoms. The van der Waals surface area contributed by atoms with Crippen LogP contribution >= 0.6 is 0 Å². The van der Waals surface area contributed by atoms with Crippen molar-refractivity contribution in [3.63, 3.8) is 0 Å². The van der Waals surface area contributed by atoms with Crippen LogP contribution in [0.25, 0.3) is 82.7 Å². The minimum Gasteiger partial charge on any atom is -0.485 e. The molecule has 0 amide bonds. The van der Waals surface area contributed by atoms with Crippen LogP contribution in [0.2, 0.25) is 0 Å². The molecule has 1 aliphatic heterocycles. The van der Waals surface area contributed by atoms with Gasteiger partial charge in [0.05, 0.1) is 44.6 Å². The van der Waals surface area contributed by atoms with Crippen LogP contribution in [-0.4, -0.2) is 15.7 Å². The van der Waals surface area contributed by atoms with Gasteiger partial charge in [-0.15, -0.1) is 0 Å². The highest BCUT2D eigenvalue weighted by Gasteiger charge is 2.35. The second-order valence-electron chi connectivity index (χ2n) is 13.3. The molecule has 2 unspecified atom stereocenters. The first-order valence-electron chi connectivity index (χ1n) is 17.2. The summed E-state index contributed by atoms with van der Waals surface area (Å²) in [6.45, 7) is 0. The quantitative estimate of drug-likeness (QED) is 0.190. The lowest BCUT2D eigenvalue weighted by atomic mass is 9.88. The summed E-state index contributed by atoms with van der Waals surface area (Å²) in [4.78, 5) is 5.35. The summed E-state index contributed by atoms with van der Waals surface area (Å²) < 4.78 is 15.3. The SMILES string of the molecule is N#Cc1ccc2c3cc(-c4ccc(-c5nc6ccc7c(c6c6oc8ccccc8c56)C5C=CC=CC5O7)cc4)ccc3n(-c3ccccc3)c2c1. The molecule has 2 atom stereocenters. The number of para-hydroxylation sites is 2. The first kappa shape index (κ1) is 28.0. The van der Waals surface area contributed by atoms with E-state index in [0.29, 0.717) is 5.56 Å². The van der Waals surface area contributed by atoms with Gasteiger partial charge < -0.3 is 13.7 Å². The Labute approximate surface area is 292 Å². The van der Waals surface area contributed by atoms with Gasteiger partial charge in [0.1, 0.15) is 23.0 Å². The number of ether oxygens (including phenoxy) is 1. The number of aromatic nitrogens is 2. The fourth-order valence-corrected chi connectivity index (χ4v) is 8.25. The van der Waals surface area contributed by atoms with Crippen LogP contribution < -0.4 is 4.74 Å². The molecule has 5 nitrogen and oxygen atoms in total. The van der Waals surface area contributed by atoms with Crippen molar-refractivity contribution >= 4 is 54.6 Å². The number of nitrogens with zero attached hydrogens (tertiary/aromatic N) is 3. The van der Waals surface area contributed by atoms with Gasteiger partial charge in [-0.05, 0) is 71.8 Å². The van der Waals surface area contributed by atoms with E-state index in [1.54, 1.807) is 0 Å². The van der Waals surface area contributed by atoms with Gasteiger partial charge in [-0.3, -0.25) is 0 Å². The summed E-state index contributed by atoms with van der Waals surface area (Å²) in [6, 6.07) is 46.3. The number of benzene rings is 6. The first-order valence-corrected chi connectivity index (χ1v) is 17.2. The molecule has 51 heavy (non-hydrogen) atoms. The monoisotopic (exact) mass is 653 g/mol. The molecular formula is C46H27N3O2. The Kier molecular flexibility index (Phi) is 5.79. The van der Waals surface area contributed by atoms with Crippen LogP contribution in [0, 0.1) is 11.3 Å². The summed E-state index contributed by atoms with van der Waals surface area (Å²) in [5, 5.41) is 15.0. The third-order valence-corrected chi connectivity index (χ3v) is 10.6. The van der Waals surface area contributed by atoms with Crippen LogP contribution in [-0.2, 0) is 0 Å². The maximum Gasteiger partial charge on any atom is 0.147 e. The molecule has 0 radical (unpaired) electrons. The molecule has 5 heteroatoms. The van der Waals surface area contributed by atoms with Gasteiger partial charge in [-0.25, -0.2) is 4.98 Å². The van der Waals surface area contributed by atoms with Crippen molar-refractivity contribution < 1.29 is 9.15 Å². The van der Waals surface area contributed by atoms with Crippen molar-refractivity contribution in [3.05, 3.63) is 163 Å². The molecule has 11 rings (SSSR count). The van der Waals surface area contributed by atoms with Gasteiger partial charge in [0.2, 0.25) is 0 Å². The molecule has 3 aromatic heterocycles. The van der Waals surface area contributed by atoms with E-state index in [9.17, 15) is 5.26 Å². The van der Waals surface area contributed by atoms with Crippen LogP contribution in [0.5, 0.6) is 5.75 Å². The Morgan fingerprint density at radius 3 is 2.33 bits per heavy atom. The van der Waals surface area contributed by atoms with Crippen molar-refractivity contribution in [2.24, 2.45) is 0 Å². The number of rotatable bonds is 3. The van der Waals surface area contributed by atoms with E-state index in [-0.39, 0.29) is 12.0 Å². The Bertz CT molecular complexity index is 3010. The van der Waals surface area contributed by atoms with Crippen LogP contribution in [0.4, 0.5) is 0 Å². The Hall–Kier alpha value is -6.90. The van der Waals surface area contributed by atoms with Crippen molar-refractivity contribution in [1.82, 2.24) is 9.55 Å². The van der Waals surface area contributed by atoms with E-state index < -0.39 is 0 Å². The molecular weight excluding hydrogens is 627 g/mol. The van der Waals surface area contributed by atoms with Gasteiger partial charge in [0.15, 0.2) is 0 Å². The van der Waals surface area contributed by atoms with E-state index in [1.165, 1.54) is 0 Å². The maximum absolute atomic E-state index is 9.68. The lowest BCUT2D eigenvalue weighted by Gasteiger charge is -2.15. The van der Waals surface area contributed by atoms with Crippen LogP contribution in [0.1, 0.15) is 17.0 Å². The zero-order valence-corrected chi connectivity index (χ0v) is 27.2. The number of hydrogen-bond acceptors (Lipinski definition) is 4. The first-order chi connectivity index (χ1) is 25.2. The summed E-state index contributed by atoms with van der Waals surface area (Å²) in [5.74, 6) is 1.01. The van der Waals surface area contributed by atoms with E-state index >= 15 is 0 Å². The predicted molar refractivity (Wildman–Crippen MR) is 204 cm³/mol. The molecule has 1 aliphatic carbocycles. The summed E-state index contributed by atoms with van der Waals surface area (Å²) in [5.41, 5.74) is 11.7. The van der Waals surface area contributed by atoms with Crippen LogP contribution in [0.15, 0.2) is 156 Å². The van der Waals surface area contributed by atoms with Crippen molar-refractivity contribution in [2.45, 2.75) is 12.0 Å². The van der Waals surface area contributed by atoms with E-state index in [4.69, 9.17) is 14.1 Å². The number of fused-ring (bicyclic) bond motifs is 12. The average molecular weight is 654 g/mol.